The van der Waals surface area contributed by atoms with Crippen LogP contribution in [0.1, 0.15) is 28.8 Å². The van der Waals surface area contributed by atoms with Gasteiger partial charge in [-0.2, -0.15) is 13.2 Å². The minimum Gasteiger partial charge on any atom is -0.320 e. The number of carbonyl (C=O) groups is 1. The average Bonchev–Trinajstić information content (AvgIpc) is 2.28. The first kappa shape index (κ1) is 13.7. The lowest BCUT2D eigenvalue weighted by Crippen LogP contribution is -2.14. The summed E-state index contributed by atoms with van der Waals surface area (Å²) >= 11 is 0. The van der Waals surface area contributed by atoms with E-state index in [1.165, 1.54) is 18.2 Å². The van der Waals surface area contributed by atoms with Gasteiger partial charge in [0.15, 0.2) is 5.78 Å². The van der Waals surface area contributed by atoms with E-state index < -0.39 is 17.5 Å². The van der Waals surface area contributed by atoms with E-state index >= 15 is 0 Å². The number of Topliss-reactive ketones (excluding diaryl/α,β-unsaturated/α-hetero) is 1. The fourth-order valence-electron chi connectivity index (χ4n) is 1.53. The lowest BCUT2D eigenvalue weighted by Gasteiger charge is -2.11. The van der Waals surface area contributed by atoms with Gasteiger partial charge < -0.3 is 5.32 Å². The summed E-state index contributed by atoms with van der Waals surface area (Å²) in [5, 5.41) is 2.84. The Kier molecular flexibility index (Phi) is 4.69. The molecule has 1 aromatic rings. The molecule has 0 aliphatic rings. The Morgan fingerprint density at radius 3 is 2.53 bits per heavy atom. The highest BCUT2D eigenvalue weighted by atomic mass is 19.4. The molecule has 1 rings (SSSR count). The van der Waals surface area contributed by atoms with E-state index in [0.29, 0.717) is 13.0 Å². The van der Waals surface area contributed by atoms with E-state index in [-0.39, 0.29) is 12.0 Å². The van der Waals surface area contributed by atoms with E-state index in [1.54, 1.807) is 7.05 Å². The molecule has 0 heterocycles. The molecule has 0 radical (unpaired) electrons. The van der Waals surface area contributed by atoms with Gasteiger partial charge in [0.05, 0.1) is 5.56 Å². The van der Waals surface area contributed by atoms with Gasteiger partial charge in [0.1, 0.15) is 0 Å². The Morgan fingerprint density at radius 2 is 1.94 bits per heavy atom. The zero-order valence-electron chi connectivity index (χ0n) is 9.47. The molecule has 0 saturated carbocycles. The first-order valence-corrected chi connectivity index (χ1v) is 5.31. The number of hydrogen-bond acceptors (Lipinski definition) is 2. The SMILES string of the molecule is CNCCCC(=O)c1ccccc1C(F)(F)F. The molecular weight excluding hydrogens is 231 g/mol. The zero-order chi connectivity index (χ0) is 12.9. The Hall–Kier alpha value is -1.36. The van der Waals surface area contributed by atoms with Crippen molar-refractivity contribution < 1.29 is 18.0 Å². The van der Waals surface area contributed by atoms with Crippen molar-refractivity contribution >= 4 is 5.78 Å². The Labute approximate surface area is 97.8 Å². The van der Waals surface area contributed by atoms with Crippen LogP contribution in [0.25, 0.3) is 0 Å². The van der Waals surface area contributed by atoms with Crippen molar-refractivity contribution in [2.75, 3.05) is 13.6 Å². The minimum absolute atomic E-state index is 0.119. The van der Waals surface area contributed by atoms with Crippen LogP contribution < -0.4 is 5.32 Å². The molecule has 0 aliphatic heterocycles. The van der Waals surface area contributed by atoms with Crippen LogP contribution in [-0.2, 0) is 6.18 Å². The quantitative estimate of drug-likeness (QED) is 0.638. The highest BCUT2D eigenvalue weighted by molar-refractivity contribution is 5.97. The van der Waals surface area contributed by atoms with Crippen molar-refractivity contribution in [2.24, 2.45) is 0 Å². The van der Waals surface area contributed by atoms with Crippen LogP contribution in [0.5, 0.6) is 0 Å². The predicted molar refractivity (Wildman–Crippen MR) is 58.9 cm³/mol. The molecule has 0 fully saturated rings. The van der Waals surface area contributed by atoms with Gasteiger partial charge in [-0.15, -0.1) is 0 Å². The van der Waals surface area contributed by atoms with Crippen LogP contribution in [0.15, 0.2) is 24.3 Å². The molecular formula is C12H14F3NO. The van der Waals surface area contributed by atoms with Gasteiger partial charge >= 0.3 is 6.18 Å². The predicted octanol–water partition coefficient (Wildman–Crippen LogP) is 2.89. The Bertz CT molecular complexity index is 388. The van der Waals surface area contributed by atoms with Crippen molar-refractivity contribution in [1.82, 2.24) is 5.32 Å². The second-order valence-corrected chi connectivity index (χ2v) is 3.67. The summed E-state index contributed by atoms with van der Waals surface area (Å²) in [6.45, 7) is 0.611. The average molecular weight is 245 g/mol. The van der Waals surface area contributed by atoms with Gasteiger partial charge in [0, 0.05) is 12.0 Å². The molecule has 0 atom stereocenters. The molecule has 2 nitrogen and oxygen atoms in total. The van der Waals surface area contributed by atoms with Crippen molar-refractivity contribution in [1.29, 1.82) is 0 Å². The third-order valence-electron chi connectivity index (χ3n) is 2.36. The molecule has 94 valence electrons. The molecule has 0 aliphatic carbocycles. The minimum atomic E-state index is -4.48. The number of rotatable bonds is 5. The standard InChI is InChI=1S/C12H14F3NO/c1-16-8-4-7-11(17)9-5-2-3-6-10(9)12(13,14)15/h2-3,5-6,16H,4,7-8H2,1H3. The third kappa shape index (κ3) is 3.85. The summed E-state index contributed by atoms with van der Waals surface area (Å²) < 4.78 is 37.9. The molecule has 0 amide bonds. The van der Waals surface area contributed by atoms with Gasteiger partial charge in [-0.05, 0) is 26.1 Å². The van der Waals surface area contributed by atoms with Crippen LogP contribution >= 0.6 is 0 Å². The number of benzene rings is 1. The maximum absolute atomic E-state index is 12.6. The summed E-state index contributed by atoms with van der Waals surface area (Å²) in [7, 11) is 1.73. The summed E-state index contributed by atoms with van der Waals surface area (Å²) in [5.74, 6) is -0.465. The first-order chi connectivity index (χ1) is 7.96. The third-order valence-corrected chi connectivity index (χ3v) is 2.36. The molecule has 0 bridgehead atoms. The van der Waals surface area contributed by atoms with E-state index in [9.17, 15) is 18.0 Å². The fraction of sp³-hybridized carbons (Fsp3) is 0.417. The normalized spacial score (nSPS) is 11.5. The van der Waals surface area contributed by atoms with Crippen LogP contribution in [0.2, 0.25) is 0 Å². The summed E-state index contributed by atoms with van der Waals surface area (Å²) in [6, 6.07) is 4.89. The Balaban J connectivity index is 2.86. The lowest BCUT2D eigenvalue weighted by molar-refractivity contribution is -0.137. The zero-order valence-corrected chi connectivity index (χ0v) is 9.47. The van der Waals surface area contributed by atoms with Crippen molar-refractivity contribution in [3.63, 3.8) is 0 Å². The number of alkyl halides is 3. The maximum atomic E-state index is 12.6. The molecule has 5 heteroatoms. The van der Waals surface area contributed by atoms with E-state index in [4.69, 9.17) is 0 Å². The molecule has 0 spiro atoms. The number of ketones is 1. The second-order valence-electron chi connectivity index (χ2n) is 3.67. The Morgan fingerprint density at radius 1 is 1.29 bits per heavy atom. The molecule has 1 N–H and O–H groups in total. The number of halogens is 3. The fourth-order valence-corrected chi connectivity index (χ4v) is 1.53. The lowest BCUT2D eigenvalue weighted by atomic mass is 10.0. The molecule has 0 unspecified atom stereocenters. The highest BCUT2D eigenvalue weighted by Gasteiger charge is 2.34. The molecule has 17 heavy (non-hydrogen) atoms. The monoisotopic (exact) mass is 245 g/mol. The van der Waals surface area contributed by atoms with Crippen molar-refractivity contribution in [3.05, 3.63) is 35.4 Å². The maximum Gasteiger partial charge on any atom is 0.417 e. The van der Waals surface area contributed by atoms with Gasteiger partial charge in [0.25, 0.3) is 0 Å². The number of hydrogen-bond donors (Lipinski definition) is 1. The first-order valence-electron chi connectivity index (χ1n) is 5.31. The van der Waals surface area contributed by atoms with Gasteiger partial charge in [-0.25, -0.2) is 0 Å². The second kappa shape index (κ2) is 5.82. The van der Waals surface area contributed by atoms with Crippen molar-refractivity contribution in [3.8, 4) is 0 Å². The molecule has 0 saturated heterocycles. The summed E-state index contributed by atoms with van der Waals surface area (Å²) in [4.78, 5) is 11.7. The molecule has 0 aromatic heterocycles. The topological polar surface area (TPSA) is 29.1 Å². The molecule has 1 aromatic carbocycles. The van der Waals surface area contributed by atoms with E-state index in [2.05, 4.69) is 5.32 Å². The van der Waals surface area contributed by atoms with E-state index in [1.807, 2.05) is 0 Å². The van der Waals surface area contributed by atoms with Gasteiger partial charge in [-0.1, -0.05) is 18.2 Å². The summed E-state index contributed by atoms with van der Waals surface area (Å²) in [6.07, 6.45) is -3.83. The van der Waals surface area contributed by atoms with Crippen LogP contribution in [0, 0.1) is 0 Å². The van der Waals surface area contributed by atoms with Crippen LogP contribution in [0.4, 0.5) is 13.2 Å². The summed E-state index contributed by atoms with van der Waals surface area (Å²) in [5.41, 5.74) is -1.09. The number of nitrogens with one attached hydrogen (secondary N) is 1. The van der Waals surface area contributed by atoms with Gasteiger partial charge in [-0.3, -0.25) is 4.79 Å². The van der Waals surface area contributed by atoms with E-state index in [0.717, 1.165) is 6.07 Å². The largest absolute Gasteiger partial charge is 0.417 e. The van der Waals surface area contributed by atoms with Crippen LogP contribution in [-0.4, -0.2) is 19.4 Å². The number of carbonyl (C=O) groups excluding carboxylic acids is 1. The smallest absolute Gasteiger partial charge is 0.320 e. The van der Waals surface area contributed by atoms with Crippen molar-refractivity contribution in [2.45, 2.75) is 19.0 Å². The van der Waals surface area contributed by atoms with Crippen LogP contribution in [0.3, 0.4) is 0 Å². The van der Waals surface area contributed by atoms with Gasteiger partial charge in [0.2, 0.25) is 0 Å². The highest BCUT2D eigenvalue weighted by Crippen LogP contribution is 2.32.